The van der Waals surface area contributed by atoms with Crippen molar-refractivity contribution in [1.29, 1.82) is 0 Å². The predicted molar refractivity (Wildman–Crippen MR) is 172 cm³/mol. The number of carbonyl (C=O) groups is 2. The van der Waals surface area contributed by atoms with E-state index in [4.69, 9.17) is 9.72 Å². The molecule has 2 bridgehead atoms. The van der Waals surface area contributed by atoms with Crippen molar-refractivity contribution in [3.8, 4) is 22.5 Å². The van der Waals surface area contributed by atoms with Crippen LogP contribution in [-0.4, -0.2) is 62.3 Å². The number of morpholine rings is 1. The van der Waals surface area contributed by atoms with Gasteiger partial charge in [0.15, 0.2) is 11.5 Å². The molecule has 3 fully saturated rings. The van der Waals surface area contributed by atoms with Gasteiger partial charge in [-0.2, -0.15) is 5.10 Å². The highest BCUT2D eigenvalue weighted by atomic mass is 19.1. The van der Waals surface area contributed by atoms with Gasteiger partial charge in [-0.15, -0.1) is 0 Å². The van der Waals surface area contributed by atoms with Gasteiger partial charge in [-0.1, -0.05) is 36.4 Å². The maximum absolute atomic E-state index is 15.0. The summed E-state index contributed by atoms with van der Waals surface area (Å²) in [6.07, 6.45) is 8.94. The second-order valence-electron chi connectivity index (χ2n) is 13.7. The van der Waals surface area contributed by atoms with E-state index in [1.165, 1.54) is 5.56 Å². The Hall–Kier alpha value is -4.24. The molecule has 0 spiro atoms. The number of ether oxygens (including phenoxy) is 1. The summed E-state index contributed by atoms with van der Waals surface area (Å²) < 4.78 is 22.6. The number of rotatable bonds is 10. The van der Waals surface area contributed by atoms with Gasteiger partial charge in [0.2, 0.25) is 0 Å². The average molecular weight is 620 g/mol. The third-order valence-corrected chi connectivity index (χ3v) is 10.6. The quantitative estimate of drug-likeness (QED) is 0.223. The molecular weight excluding hydrogens is 581 g/mol. The highest BCUT2D eigenvalue weighted by Gasteiger charge is 2.51. The minimum absolute atomic E-state index is 0.0154. The number of aryl methyl sites for hydroxylation is 3. The number of benzene rings is 2. The van der Waals surface area contributed by atoms with Crippen molar-refractivity contribution in [2.24, 2.45) is 13.0 Å². The van der Waals surface area contributed by atoms with E-state index in [0.717, 1.165) is 77.4 Å². The number of fused-ring (bicyclic) bond motifs is 3. The fourth-order valence-electron chi connectivity index (χ4n) is 7.85. The lowest BCUT2D eigenvalue weighted by Crippen LogP contribution is -2.37. The average Bonchev–Trinajstić information content (AvgIpc) is 3.47. The number of carbonyl (C=O) groups excluding carboxylic acids is 2. The van der Waals surface area contributed by atoms with E-state index >= 15 is 0 Å². The Balaban J connectivity index is 1.06. The number of nitrogens with zero attached hydrogens (tertiary/aromatic N) is 5. The van der Waals surface area contributed by atoms with Crippen molar-refractivity contribution in [3.05, 3.63) is 83.3 Å². The van der Waals surface area contributed by atoms with Crippen LogP contribution < -0.4 is 4.90 Å². The van der Waals surface area contributed by atoms with Gasteiger partial charge in [-0.3, -0.25) is 19.3 Å². The lowest BCUT2D eigenvalue weighted by Gasteiger charge is -2.27. The summed E-state index contributed by atoms with van der Waals surface area (Å²) in [4.78, 5) is 39.0. The number of hydrogen-bond donors (Lipinski definition) is 0. The van der Waals surface area contributed by atoms with Crippen LogP contribution in [0.3, 0.4) is 0 Å². The number of ketones is 2. The molecule has 236 valence electrons. The first kappa shape index (κ1) is 29.2. The van der Waals surface area contributed by atoms with Gasteiger partial charge in [0, 0.05) is 43.5 Å². The van der Waals surface area contributed by atoms with Gasteiger partial charge < -0.3 is 9.64 Å². The van der Waals surface area contributed by atoms with E-state index in [-0.39, 0.29) is 43.5 Å². The molecule has 4 aromatic rings. The second kappa shape index (κ2) is 11.2. The molecule has 2 aliphatic carbocycles. The zero-order valence-corrected chi connectivity index (χ0v) is 26.3. The molecule has 0 unspecified atom stereocenters. The summed E-state index contributed by atoms with van der Waals surface area (Å²) >= 11 is 0. The maximum Gasteiger partial charge on any atom is 0.170 e. The summed E-state index contributed by atoms with van der Waals surface area (Å²) in [6, 6.07) is 14.6. The van der Waals surface area contributed by atoms with E-state index in [0.29, 0.717) is 6.04 Å². The first-order chi connectivity index (χ1) is 22.3. The van der Waals surface area contributed by atoms with E-state index in [2.05, 4.69) is 33.2 Å². The molecule has 9 heteroatoms. The number of halogens is 1. The topological polar surface area (TPSA) is 90.2 Å². The Morgan fingerprint density at radius 3 is 2.59 bits per heavy atom. The van der Waals surface area contributed by atoms with Crippen LogP contribution in [0.25, 0.3) is 22.5 Å². The first-order valence-electron chi connectivity index (χ1n) is 16.4. The van der Waals surface area contributed by atoms with Crippen LogP contribution in [-0.2, 0) is 34.2 Å². The molecule has 4 atom stereocenters. The zero-order chi connectivity index (χ0) is 31.6. The zero-order valence-electron chi connectivity index (χ0n) is 26.3. The van der Waals surface area contributed by atoms with Crippen molar-refractivity contribution in [2.45, 2.75) is 75.6 Å². The van der Waals surface area contributed by atoms with Crippen LogP contribution in [0.1, 0.15) is 60.3 Å². The lowest BCUT2D eigenvalue weighted by molar-refractivity contribution is -0.131. The summed E-state index contributed by atoms with van der Waals surface area (Å²) in [5, 5.41) is 4.34. The molecule has 2 aromatic carbocycles. The van der Waals surface area contributed by atoms with E-state index in [9.17, 15) is 14.0 Å². The summed E-state index contributed by atoms with van der Waals surface area (Å²) in [5.41, 5.74) is 6.22. The molecule has 4 aliphatic rings. The number of aromatic nitrogens is 4. The lowest BCUT2D eigenvalue weighted by atomic mass is 9.78. The highest BCUT2D eigenvalue weighted by Crippen LogP contribution is 2.46. The molecule has 2 aliphatic heterocycles. The molecular formula is C37H38FN5O3. The Bertz CT molecular complexity index is 1810. The van der Waals surface area contributed by atoms with E-state index < -0.39 is 17.4 Å². The van der Waals surface area contributed by atoms with Crippen molar-refractivity contribution >= 4 is 17.4 Å². The van der Waals surface area contributed by atoms with Gasteiger partial charge in [0.25, 0.3) is 0 Å². The largest absolute Gasteiger partial charge is 0.374 e. The number of Topliss-reactive ketones (excluding diaryl/α,β-unsaturated/α-hetero) is 2. The normalized spacial score (nSPS) is 23.0. The molecule has 8 nitrogen and oxygen atoms in total. The Morgan fingerprint density at radius 1 is 1.09 bits per heavy atom. The van der Waals surface area contributed by atoms with Crippen LogP contribution in [0.15, 0.2) is 61.1 Å². The summed E-state index contributed by atoms with van der Waals surface area (Å²) in [7, 11) is 1.92. The van der Waals surface area contributed by atoms with Crippen molar-refractivity contribution < 1.29 is 18.7 Å². The molecule has 4 heterocycles. The van der Waals surface area contributed by atoms with E-state index in [1.807, 2.05) is 55.3 Å². The van der Waals surface area contributed by atoms with Gasteiger partial charge in [0.05, 0.1) is 48.7 Å². The van der Waals surface area contributed by atoms with Crippen molar-refractivity contribution in [3.63, 3.8) is 0 Å². The number of anilines is 1. The van der Waals surface area contributed by atoms with Gasteiger partial charge >= 0.3 is 0 Å². The minimum Gasteiger partial charge on any atom is -0.374 e. The van der Waals surface area contributed by atoms with Crippen LogP contribution in [0.2, 0.25) is 0 Å². The third-order valence-electron chi connectivity index (χ3n) is 10.6. The predicted octanol–water partition coefficient (Wildman–Crippen LogP) is 5.75. The first-order valence-corrected chi connectivity index (χ1v) is 16.4. The fourth-order valence-corrected chi connectivity index (χ4v) is 7.85. The van der Waals surface area contributed by atoms with Crippen LogP contribution >= 0.6 is 0 Å². The van der Waals surface area contributed by atoms with Crippen molar-refractivity contribution in [2.75, 3.05) is 18.1 Å². The fraction of sp³-hybridized carbons (Fsp3) is 0.432. The number of hydrogen-bond acceptors (Lipinski definition) is 7. The monoisotopic (exact) mass is 619 g/mol. The van der Waals surface area contributed by atoms with Crippen LogP contribution in [0, 0.1) is 12.8 Å². The van der Waals surface area contributed by atoms with Gasteiger partial charge in [-0.25, -0.2) is 9.37 Å². The van der Waals surface area contributed by atoms with Crippen molar-refractivity contribution in [1.82, 2.24) is 19.7 Å². The SMILES string of the molecule is Cc1cnn(C)c1-c1ccc(CC(=O)[C@@H](CC(=O)C2(F)CC2)[C@@H]2CCc3ccc(-c4cncc(N5C[C@@H]6C[C@H]5CO6)n4)cc32)cc1. The minimum atomic E-state index is -1.76. The molecule has 2 saturated heterocycles. The third kappa shape index (κ3) is 5.24. The van der Waals surface area contributed by atoms with Crippen LogP contribution in [0.5, 0.6) is 0 Å². The van der Waals surface area contributed by atoms with Gasteiger partial charge in [0.1, 0.15) is 11.6 Å². The molecule has 8 rings (SSSR count). The molecule has 0 radical (unpaired) electrons. The van der Waals surface area contributed by atoms with Crippen LogP contribution in [0.4, 0.5) is 10.2 Å². The molecule has 1 saturated carbocycles. The Labute approximate surface area is 268 Å². The Kier molecular flexibility index (Phi) is 7.12. The smallest absolute Gasteiger partial charge is 0.170 e. The molecule has 0 N–H and O–H groups in total. The number of alkyl halides is 1. The summed E-state index contributed by atoms with van der Waals surface area (Å²) in [6.45, 7) is 3.58. The highest BCUT2D eigenvalue weighted by molar-refractivity contribution is 5.95. The second-order valence-corrected chi connectivity index (χ2v) is 13.7. The maximum atomic E-state index is 15.0. The van der Waals surface area contributed by atoms with Gasteiger partial charge in [-0.05, 0) is 73.3 Å². The standard InChI is InChI=1S/C37H38FN5O3/c1-22-17-40-42(2)36(22)25-5-3-23(4-6-25)13-33(44)31(16-34(45)37(38)11-12-37)29-10-9-24-7-8-26(14-30(24)29)32-18-39-19-35(41-32)43-20-28-15-27(43)21-46-28/h3-8,14,17-19,27-29,31H,9-13,15-16,20-21H2,1-2H3/t27-,28-,29+,31-/m0/s1. The van der Waals surface area contributed by atoms with E-state index in [1.54, 1.807) is 6.20 Å². The molecule has 0 amide bonds. The molecule has 46 heavy (non-hydrogen) atoms. The Morgan fingerprint density at radius 2 is 1.89 bits per heavy atom. The summed E-state index contributed by atoms with van der Waals surface area (Å²) in [5.74, 6) is -0.342. The molecule has 2 aromatic heterocycles.